The Hall–Kier alpha value is -2.66. The number of hydrogen-bond donors (Lipinski definition) is 1. The molecule has 0 unspecified atom stereocenters. The number of anilines is 1. The Morgan fingerprint density at radius 1 is 1.19 bits per heavy atom. The number of rotatable bonds is 2. The highest BCUT2D eigenvalue weighted by Gasteiger charge is 2.12. The molecule has 1 aromatic carbocycles. The predicted octanol–water partition coefficient (Wildman–Crippen LogP) is 3.09. The zero-order valence-corrected chi connectivity index (χ0v) is 11.4. The Kier molecular flexibility index (Phi) is 3.41. The van der Waals surface area contributed by atoms with Crippen LogP contribution in [0, 0.1) is 0 Å². The summed E-state index contributed by atoms with van der Waals surface area (Å²) in [5, 5.41) is 3.28. The third-order valence-corrected chi connectivity index (χ3v) is 3.05. The molecule has 0 aliphatic carbocycles. The largest absolute Gasteiger partial charge is 0.451 e. The predicted molar refractivity (Wildman–Crippen MR) is 79.7 cm³/mol. The lowest BCUT2D eigenvalue weighted by atomic mass is 10.2. The Labute approximate surface area is 124 Å². The van der Waals surface area contributed by atoms with Crippen LogP contribution in [0.5, 0.6) is 0 Å². The van der Waals surface area contributed by atoms with Crippen molar-refractivity contribution in [2.45, 2.75) is 0 Å². The van der Waals surface area contributed by atoms with Crippen LogP contribution in [0.3, 0.4) is 0 Å². The second kappa shape index (κ2) is 5.38. The molecule has 0 saturated carbocycles. The summed E-state index contributed by atoms with van der Waals surface area (Å²) >= 11 is 5.74. The molecule has 1 amide bonds. The molecule has 0 atom stereocenters. The van der Waals surface area contributed by atoms with E-state index in [9.17, 15) is 9.59 Å². The Bertz CT molecular complexity index is 889. The normalized spacial score (nSPS) is 10.5. The van der Waals surface area contributed by atoms with Gasteiger partial charge in [-0.25, -0.2) is 4.98 Å². The van der Waals surface area contributed by atoms with Gasteiger partial charge in [0.25, 0.3) is 5.91 Å². The average molecular weight is 301 g/mol. The number of carbonyl (C=O) groups excluding carboxylic acids is 1. The van der Waals surface area contributed by atoms with E-state index in [2.05, 4.69) is 10.3 Å². The van der Waals surface area contributed by atoms with Crippen LogP contribution in [-0.2, 0) is 0 Å². The fourth-order valence-corrected chi connectivity index (χ4v) is 2.06. The Balaban J connectivity index is 1.96. The number of halogens is 1. The van der Waals surface area contributed by atoms with Crippen LogP contribution in [0.1, 0.15) is 10.6 Å². The molecule has 0 saturated heterocycles. The van der Waals surface area contributed by atoms with Gasteiger partial charge in [-0.1, -0.05) is 23.7 Å². The van der Waals surface area contributed by atoms with Crippen molar-refractivity contribution in [1.29, 1.82) is 0 Å². The van der Waals surface area contributed by atoms with E-state index < -0.39 is 5.91 Å². The van der Waals surface area contributed by atoms with Crippen molar-refractivity contribution in [2.75, 3.05) is 5.32 Å². The minimum Gasteiger partial charge on any atom is -0.451 e. The van der Waals surface area contributed by atoms with Gasteiger partial charge in [0.05, 0.1) is 5.39 Å². The minimum absolute atomic E-state index is 0.0633. The number of nitrogens with zero attached hydrogens (tertiary/aromatic N) is 1. The SMILES string of the molecule is O=C(Nc1ccnc(Cl)c1)c1cc(=O)c2ccccc2o1. The Morgan fingerprint density at radius 2 is 2.00 bits per heavy atom. The van der Waals surface area contributed by atoms with Gasteiger partial charge in [0.2, 0.25) is 0 Å². The molecule has 2 heterocycles. The van der Waals surface area contributed by atoms with E-state index in [-0.39, 0.29) is 16.3 Å². The fourth-order valence-electron chi connectivity index (χ4n) is 1.89. The molecule has 2 aromatic heterocycles. The number of para-hydroxylation sites is 1. The molecular weight excluding hydrogens is 292 g/mol. The second-order valence-electron chi connectivity index (χ2n) is 4.29. The van der Waals surface area contributed by atoms with Crippen LogP contribution < -0.4 is 10.7 Å². The quantitative estimate of drug-likeness (QED) is 0.738. The monoisotopic (exact) mass is 300 g/mol. The maximum absolute atomic E-state index is 12.1. The molecule has 6 heteroatoms. The maximum Gasteiger partial charge on any atom is 0.291 e. The van der Waals surface area contributed by atoms with Crippen molar-refractivity contribution in [3.05, 3.63) is 69.8 Å². The lowest BCUT2D eigenvalue weighted by Gasteiger charge is -2.05. The molecule has 3 rings (SSSR count). The summed E-state index contributed by atoms with van der Waals surface area (Å²) in [7, 11) is 0. The number of nitrogens with one attached hydrogen (secondary N) is 1. The highest BCUT2D eigenvalue weighted by atomic mass is 35.5. The smallest absolute Gasteiger partial charge is 0.291 e. The third kappa shape index (κ3) is 2.78. The van der Waals surface area contributed by atoms with Gasteiger partial charge in [-0.3, -0.25) is 9.59 Å². The molecule has 0 aliphatic rings. The molecule has 0 fully saturated rings. The van der Waals surface area contributed by atoms with E-state index in [1.54, 1.807) is 30.3 Å². The van der Waals surface area contributed by atoms with Crippen molar-refractivity contribution < 1.29 is 9.21 Å². The highest BCUT2D eigenvalue weighted by molar-refractivity contribution is 6.29. The van der Waals surface area contributed by atoms with E-state index in [0.717, 1.165) is 0 Å². The van der Waals surface area contributed by atoms with Crippen LogP contribution in [0.25, 0.3) is 11.0 Å². The summed E-state index contributed by atoms with van der Waals surface area (Å²) in [6.45, 7) is 0. The van der Waals surface area contributed by atoms with Crippen molar-refractivity contribution in [1.82, 2.24) is 4.98 Å². The standard InChI is InChI=1S/C15H9ClN2O3/c16-14-7-9(5-6-17-14)18-15(20)13-8-11(19)10-3-1-2-4-12(10)21-13/h1-8H,(H,17,18,20). The van der Waals surface area contributed by atoms with Gasteiger partial charge < -0.3 is 9.73 Å². The van der Waals surface area contributed by atoms with Gasteiger partial charge in [0.1, 0.15) is 10.7 Å². The van der Waals surface area contributed by atoms with Gasteiger partial charge in [0, 0.05) is 18.0 Å². The van der Waals surface area contributed by atoms with E-state index >= 15 is 0 Å². The van der Waals surface area contributed by atoms with E-state index in [4.69, 9.17) is 16.0 Å². The molecule has 0 aliphatic heterocycles. The highest BCUT2D eigenvalue weighted by Crippen LogP contribution is 2.15. The van der Waals surface area contributed by atoms with Crippen molar-refractivity contribution >= 4 is 34.2 Å². The summed E-state index contributed by atoms with van der Waals surface area (Å²) < 4.78 is 5.45. The fraction of sp³-hybridized carbons (Fsp3) is 0. The lowest BCUT2D eigenvalue weighted by Crippen LogP contribution is -2.15. The topological polar surface area (TPSA) is 72.2 Å². The molecule has 0 radical (unpaired) electrons. The number of aromatic nitrogens is 1. The van der Waals surface area contributed by atoms with Gasteiger partial charge in [0.15, 0.2) is 11.2 Å². The van der Waals surface area contributed by atoms with Crippen molar-refractivity contribution in [3.63, 3.8) is 0 Å². The van der Waals surface area contributed by atoms with E-state index in [1.165, 1.54) is 18.3 Å². The first-order valence-electron chi connectivity index (χ1n) is 6.09. The summed E-state index contributed by atoms with van der Waals surface area (Å²) in [5.41, 5.74) is 0.563. The van der Waals surface area contributed by atoms with Crippen molar-refractivity contribution in [2.24, 2.45) is 0 Å². The van der Waals surface area contributed by atoms with Gasteiger partial charge in [-0.15, -0.1) is 0 Å². The zero-order chi connectivity index (χ0) is 14.8. The van der Waals surface area contributed by atoms with Crippen LogP contribution in [0.4, 0.5) is 5.69 Å². The van der Waals surface area contributed by atoms with Gasteiger partial charge in [-0.2, -0.15) is 0 Å². The molecular formula is C15H9ClN2O3. The number of pyridine rings is 1. The van der Waals surface area contributed by atoms with Crippen LogP contribution in [0.2, 0.25) is 5.15 Å². The number of benzene rings is 1. The first-order chi connectivity index (χ1) is 10.1. The maximum atomic E-state index is 12.1. The molecule has 21 heavy (non-hydrogen) atoms. The van der Waals surface area contributed by atoms with E-state index in [1.807, 2.05) is 0 Å². The van der Waals surface area contributed by atoms with Crippen LogP contribution in [-0.4, -0.2) is 10.9 Å². The zero-order valence-electron chi connectivity index (χ0n) is 10.7. The first-order valence-corrected chi connectivity index (χ1v) is 6.47. The Morgan fingerprint density at radius 3 is 2.81 bits per heavy atom. The summed E-state index contributed by atoms with van der Waals surface area (Å²) in [4.78, 5) is 27.9. The third-order valence-electron chi connectivity index (χ3n) is 2.84. The average Bonchev–Trinajstić information content (AvgIpc) is 2.47. The molecule has 1 N–H and O–H groups in total. The first kappa shape index (κ1) is 13.3. The second-order valence-corrected chi connectivity index (χ2v) is 4.68. The van der Waals surface area contributed by atoms with Crippen LogP contribution >= 0.6 is 11.6 Å². The number of amides is 1. The number of hydrogen-bond acceptors (Lipinski definition) is 4. The number of carbonyl (C=O) groups is 1. The molecule has 5 nitrogen and oxygen atoms in total. The van der Waals surface area contributed by atoms with Gasteiger partial charge >= 0.3 is 0 Å². The number of fused-ring (bicyclic) bond motifs is 1. The summed E-state index contributed by atoms with van der Waals surface area (Å²) in [5.74, 6) is -0.591. The lowest BCUT2D eigenvalue weighted by molar-refractivity contribution is 0.0997. The molecule has 0 spiro atoms. The van der Waals surface area contributed by atoms with E-state index in [0.29, 0.717) is 16.7 Å². The minimum atomic E-state index is -0.528. The molecule has 104 valence electrons. The van der Waals surface area contributed by atoms with Gasteiger partial charge in [-0.05, 0) is 24.3 Å². The molecule has 3 aromatic rings. The summed E-state index contributed by atoms with van der Waals surface area (Å²) in [6.07, 6.45) is 1.47. The van der Waals surface area contributed by atoms with Crippen molar-refractivity contribution in [3.8, 4) is 0 Å². The van der Waals surface area contributed by atoms with Crippen LogP contribution in [0.15, 0.2) is 57.9 Å². The molecule has 0 bridgehead atoms. The summed E-state index contributed by atoms with van der Waals surface area (Å²) in [6, 6.07) is 11.0.